The third kappa shape index (κ3) is 3.98. The van der Waals surface area contributed by atoms with Crippen molar-refractivity contribution in [1.82, 2.24) is 4.90 Å². The number of carbonyl (C=O) groups is 3. The van der Waals surface area contributed by atoms with Crippen molar-refractivity contribution in [2.45, 2.75) is 39.2 Å². The number of hydrogen-bond acceptors (Lipinski definition) is 6. The van der Waals surface area contributed by atoms with Gasteiger partial charge in [0.1, 0.15) is 17.3 Å². The van der Waals surface area contributed by atoms with Gasteiger partial charge in [-0.1, -0.05) is 25.5 Å². The van der Waals surface area contributed by atoms with Gasteiger partial charge in [-0.15, -0.1) is 0 Å². The summed E-state index contributed by atoms with van der Waals surface area (Å²) in [5, 5.41) is 11.2. The van der Waals surface area contributed by atoms with E-state index in [4.69, 9.17) is 9.47 Å². The summed E-state index contributed by atoms with van der Waals surface area (Å²) >= 11 is 0. The number of rotatable bonds is 6. The number of ketones is 1. The maximum absolute atomic E-state index is 13.1. The number of amides is 1. The quantitative estimate of drug-likeness (QED) is 0.244. The van der Waals surface area contributed by atoms with E-state index in [1.54, 1.807) is 42.5 Å². The van der Waals surface area contributed by atoms with Gasteiger partial charge < -0.3 is 19.5 Å². The van der Waals surface area contributed by atoms with E-state index in [1.165, 1.54) is 11.8 Å². The maximum Gasteiger partial charge on any atom is 0.308 e. The van der Waals surface area contributed by atoms with Crippen LogP contribution in [0.25, 0.3) is 5.76 Å². The Morgan fingerprint density at radius 1 is 1.22 bits per heavy atom. The molecular formula is C25H25NO6. The molecule has 166 valence electrons. The fraction of sp³-hybridized carbons (Fsp3) is 0.320. The van der Waals surface area contributed by atoms with Crippen molar-refractivity contribution in [2.75, 3.05) is 13.2 Å². The fourth-order valence-electron chi connectivity index (χ4n) is 4.19. The molecule has 0 bridgehead atoms. The Morgan fingerprint density at radius 2 is 2.03 bits per heavy atom. The molecule has 2 aromatic carbocycles. The van der Waals surface area contributed by atoms with Crippen LogP contribution in [0.1, 0.15) is 49.4 Å². The number of Topliss-reactive ketones (excluding diaryl/α,β-unsaturated/α-hetero) is 1. The van der Waals surface area contributed by atoms with Gasteiger partial charge in [0.05, 0.1) is 18.2 Å². The molecule has 0 radical (unpaired) electrons. The van der Waals surface area contributed by atoms with Crippen LogP contribution in [-0.2, 0) is 20.8 Å². The molecule has 2 aromatic rings. The average molecular weight is 435 g/mol. The Morgan fingerprint density at radius 3 is 2.78 bits per heavy atom. The predicted molar refractivity (Wildman–Crippen MR) is 117 cm³/mol. The largest absolute Gasteiger partial charge is 0.507 e. The van der Waals surface area contributed by atoms with Crippen LogP contribution in [0.3, 0.4) is 0 Å². The molecule has 7 nitrogen and oxygen atoms in total. The second-order valence-corrected chi connectivity index (χ2v) is 7.93. The van der Waals surface area contributed by atoms with Gasteiger partial charge in [0, 0.05) is 25.5 Å². The van der Waals surface area contributed by atoms with E-state index in [-0.39, 0.29) is 11.3 Å². The molecule has 1 saturated heterocycles. The Labute approximate surface area is 186 Å². The van der Waals surface area contributed by atoms with Gasteiger partial charge in [0.2, 0.25) is 0 Å². The van der Waals surface area contributed by atoms with Crippen LogP contribution in [-0.4, -0.2) is 40.8 Å². The van der Waals surface area contributed by atoms with Crippen molar-refractivity contribution in [3.05, 3.63) is 64.7 Å². The molecule has 0 saturated carbocycles. The highest BCUT2D eigenvalue weighted by Gasteiger charge is 2.45. The maximum atomic E-state index is 13.1. The first-order valence-electron chi connectivity index (χ1n) is 10.7. The molecule has 1 amide bonds. The average Bonchev–Trinajstić information content (AvgIpc) is 3.34. The van der Waals surface area contributed by atoms with Crippen LogP contribution < -0.4 is 9.47 Å². The first kappa shape index (κ1) is 21.6. The normalized spacial score (nSPS) is 19.1. The highest BCUT2D eigenvalue weighted by Crippen LogP contribution is 2.41. The number of carbonyl (C=O) groups excluding carboxylic acids is 3. The lowest BCUT2D eigenvalue weighted by Crippen LogP contribution is -2.30. The van der Waals surface area contributed by atoms with Crippen LogP contribution in [0.4, 0.5) is 0 Å². The zero-order chi connectivity index (χ0) is 22.8. The summed E-state index contributed by atoms with van der Waals surface area (Å²) in [4.78, 5) is 38.9. The topological polar surface area (TPSA) is 93.1 Å². The number of fused-ring (bicyclic) bond motifs is 1. The van der Waals surface area contributed by atoms with E-state index >= 15 is 0 Å². The van der Waals surface area contributed by atoms with E-state index in [1.807, 2.05) is 6.92 Å². The van der Waals surface area contributed by atoms with E-state index < -0.39 is 23.7 Å². The number of esters is 1. The second-order valence-electron chi connectivity index (χ2n) is 7.93. The molecular weight excluding hydrogens is 410 g/mol. The summed E-state index contributed by atoms with van der Waals surface area (Å²) in [5.41, 5.74) is 2.03. The second kappa shape index (κ2) is 8.86. The Balaban J connectivity index is 1.83. The number of nitrogens with zero attached hydrogens (tertiary/aromatic N) is 1. The monoisotopic (exact) mass is 435 g/mol. The summed E-state index contributed by atoms with van der Waals surface area (Å²) in [6.07, 6.45) is 2.27. The zero-order valence-electron chi connectivity index (χ0n) is 18.1. The van der Waals surface area contributed by atoms with E-state index in [0.29, 0.717) is 36.4 Å². The number of ether oxygens (including phenoxy) is 2. The first-order chi connectivity index (χ1) is 15.4. The van der Waals surface area contributed by atoms with E-state index in [9.17, 15) is 19.5 Å². The Hall–Kier alpha value is -3.61. The standard InChI is InChI=1S/C25H25NO6/c1-3-4-11-26-22(17-6-5-7-19(14-17)32-15(2)27)21(24(29)25(26)30)23(28)18-8-9-20-16(13-18)10-12-31-20/h5-9,13-14,22,28H,3-4,10-12H2,1-2H3/b23-21-. The predicted octanol–water partition coefficient (Wildman–Crippen LogP) is 3.77. The molecule has 0 spiro atoms. The third-order valence-electron chi connectivity index (χ3n) is 5.69. The van der Waals surface area contributed by atoms with Gasteiger partial charge in [-0.2, -0.15) is 0 Å². The summed E-state index contributed by atoms with van der Waals surface area (Å²) < 4.78 is 10.7. The van der Waals surface area contributed by atoms with Gasteiger partial charge in [-0.05, 0) is 47.9 Å². The molecule has 0 aliphatic carbocycles. The van der Waals surface area contributed by atoms with Crippen molar-refractivity contribution in [2.24, 2.45) is 0 Å². The molecule has 1 unspecified atom stereocenters. The van der Waals surface area contributed by atoms with Crippen molar-refractivity contribution in [3.63, 3.8) is 0 Å². The Kier molecular flexibility index (Phi) is 5.99. The number of likely N-dealkylation sites (tertiary alicyclic amines) is 1. The fourth-order valence-corrected chi connectivity index (χ4v) is 4.19. The van der Waals surface area contributed by atoms with E-state index in [0.717, 1.165) is 24.2 Å². The number of aliphatic hydroxyl groups excluding tert-OH is 1. The molecule has 0 aromatic heterocycles. The molecule has 2 aliphatic heterocycles. The number of aliphatic hydroxyl groups is 1. The van der Waals surface area contributed by atoms with Crippen molar-refractivity contribution in [3.8, 4) is 11.5 Å². The zero-order valence-corrected chi connectivity index (χ0v) is 18.1. The van der Waals surface area contributed by atoms with Crippen LogP contribution in [0.15, 0.2) is 48.0 Å². The first-order valence-corrected chi connectivity index (χ1v) is 10.7. The molecule has 4 rings (SSSR count). The van der Waals surface area contributed by atoms with Gasteiger partial charge >= 0.3 is 5.97 Å². The summed E-state index contributed by atoms with van der Waals surface area (Å²) in [6, 6.07) is 11.2. The lowest BCUT2D eigenvalue weighted by atomic mass is 9.94. The summed E-state index contributed by atoms with van der Waals surface area (Å²) in [5.74, 6) is -0.991. The van der Waals surface area contributed by atoms with E-state index in [2.05, 4.69) is 0 Å². The molecule has 32 heavy (non-hydrogen) atoms. The molecule has 1 atom stereocenters. The summed E-state index contributed by atoms with van der Waals surface area (Å²) in [7, 11) is 0. The van der Waals surface area contributed by atoms with Gasteiger partial charge in [-0.3, -0.25) is 14.4 Å². The summed E-state index contributed by atoms with van der Waals surface area (Å²) in [6.45, 7) is 4.25. The van der Waals surface area contributed by atoms with Gasteiger partial charge in [0.25, 0.3) is 11.7 Å². The molecule has 2 heterocycles. The number of benzene rings is 2. The van der Waals surface area contributed by atoms with Crippen molar-refractivity contribution >= 4 is 23.4 Å². The highest BCUT2D eigenvalue weighted by molar-refractivity contribution is 6.46. The van der Waals surface area contributed by atoms with Crippen LogP contribution >= 0.6 is 0 Å². The lowest BCUT2D eigenvalue weighted by molar-refractivity contribution is -0.139. The van der Waals surface area contributed by atoms with Gasteiger partial charge in [-0.25, -0.2) is 0 Å². The third-order valence-corrected chi connectivity index (χ3v) is 5.69. The number of unbranched alkanes of at least 4 members (excludes halogenated alkanes) is 1. The van der Waals surface area contributed by atoms with Crippen LogP contribution in [0, 0.1) is 0 Å². The highest BCUT2D eigenvalue weighted by atomic mass is 16.5. The van der Waals surface area contributed by atoms with Crippen molar-refractivity contribution < 1.29 is 29.0 Å². The minimum Gasteiger partial charge on any atom is -0.507 e. The molecule has 2 aliphatic rings. The number of hydrogen-bond donors (Lipinski definition) is 1. The molecule has 1 fully saturated rings. The minimum absolute atomic E-state index is 0.0324. The van der Waals surface area contributed by atoms with Gasteiger partial charge in [0.15, 0.2) is 0 Å². The smallest absolute Gasteiger partial charge is 0.308 e. The molecule has 1 N–H and O–H groups in total. The van der Waals surface area contributed by atoms with Crippen molar-refractivity contribution in [1.29, 1.82) is 0 Å². The SMILES string of the molecule is CCCCN1C(=O)C(=O)/C(=C(\O)c2ccc3c(c2)CCO3)C1c1cccc(OC(C)=O)c1. The van der Waals surface area contributed by atoms with Crippen LogP contribution in [0.2, 0.25) is 0 Å². The lowest BCUT2D eigenvalue weighted by Gasteiger charge is -2.25. The van der Waals surface area contributed by atoms with Crippen LogP contribution in [0.5, 0.6) is 11.5 Å². The minimum atomic E-state index is -0.776. The molecule has 7 heteroatoms. The Bertz CT molecular complexity index is 1120.